The molecule has 2 aromatic rings. The Kier molecular flexibility index (Phi) is 3.32. The molecule has 0 heterocycles. The first-order valence-electron chi connectivity index (χ1n) is 5.37. The maximum atomic E-state index is 11.9. The number of carbonyl (C=O) groups is 1. The molecular weight excluding hydrogens is 210 g/mol. The lowest BCUT2D eigenvalue weighted by Gasteiger charge is -2.01. The molecule has 0 radical (unpaired) electrons. The molecule has 0 aliphatic carbocycles. The number of Topliss-reactive ketones (excluding diaryl/α,β-unsaturated/α-hetero) is 1. The zero-order valence-electron chi connectivity index (χ0n) is 9.26. The molecule has 2 nitrogen and oxygen atoms in total. The van der Waals surface area contributed by atoms with Crippen molar-refractivity contribution < 1.29 is 4.79 Å². The summed E-state index contributed by atoms with van der Waals surface area (Å²) in [6, 6.07) is 18.4. The fraction of sp³-hybridized carbons (Fsp3) is 0.0667. The van der Waals surface area contributed by atoms with Crippen molar-refractivity contribution in [2.24, 2.45) is 0 Å². The predicted molar refractivity (Wildman–Crippen MR) is 65.6 cm³/mol. The Morgan fingerprint density at radius 2 is 1.65 bits per heavy atom. The molecule has 17 heavy (non-hydrogen) atoms. The number of hydrogen-bond acceptors (Lipinski definition) is 2. The molecule has 82 valence electrons. The lowest BCUT2D eigenvalue weighted by molar-refractivity contribution is 0.0993. The van der Waals surface area contributed by atoms with Gasteiger partial charge in [0, 0.05) is 12.0 Å². The summed E-state index contributed by atoms with van der Waals surface area (Å²) in [7, 11) is 0. The highest BCUT2D eigenvalue weighted by Gasteiger charge is 2.05. The van der Waals surface area contributed by atoms with Crippen LogP contribution in [0.5, 0.6) is 0 Å². The first kappa shape index (κ1) is 11.1. The molecule has 0 aliphatic heterocycles. The van der Waals surface area contributed by atoms with Crippen molar-refractivity contribution in [1.82, 2.24) is 0 Å². The summed E-state index contributed by atoms with van der Waals surface area (Å²) >= 11 is 0. The topological polar surface area (TPSA) is 40.9 Å². The van der Waals surface area contributed by atoms with Crippen molar-refractivity contribution >= 4 is 5.78 Å². The molecule has 0 spiro atoms. The third kappa shape index (κ3) is 2.79. The second-order valence-corrected chi connectivity index (χ2v) is 3.77. The lowest BCUT2D eigenvalue weighted by Crippen LogP contribution is -2.02. The van der Waals surface area contributed by atoms with Crippen LogP contribution < -0.4 is 0 Å². The van der Waals surface area contributed by atoms with E-state index in [0.717, 1.165) is 11.1 Å². The average Bonchev–Trinajstić information content (AvgIpc) is 2.40. The highest BCUT2D eigenvalue weighted by molar-refractivity contribution is 5.97. The van der Waals surface area contributed by atoms with Gasteiger partial charge in [0.2, 0.25) is 0 Å². The van der Waals surface area contributed by atoms with Gasteiger partial charge in [-0.2, -0.15) is 5.26 Å². The second-order valence-electron chi connectivity index (χ2n) is 3.77. The summed E-state index contributed by atoms with van der Waals surface area (Å²) in [5, 5.41) is 8.67. The Hall–Kier alpha value is -2.40. The molecule has 0 aliphatic rings. The summed E-state index contributed by atoms with van der Waals surface area (Å²) in [5.41, 5.74) is 2.26. The Bertz CT molecular complexity index is 550. The molecule has 0 amide bonds. The SMILES string of the molecule is N#Cc1ccc(CC(=O)c2ccccc2)cc1. The third-order valence-corrected chi connectivity index (χ3v) is 2.54. The van der Waals surface area contributed by atoms with E-state index in [9.17, 15) is 4.79 Å². The van der Waals surface area contributed by atoms with E-state index < -0.39 is 0 Å². The van der Waals surface area contributed by atoms with E-state index >= 15 is 0 Å². The fourth-order valence-electron chi connectivity index (χ4n) is 1.61. The van der Waals surface area contributed by atoms with Gasteiger partial charge < -0.3 is 0 Å². The van der Waals surface area contributed by atoms with E-state index in [-0.39, 0.29) is 5.78 Å². The third-order valence-electron chi connectivity index (χ3n) is 2.54. The molecule has 2 aromatic carbocycles. The van der Waals surface area contributed by atoms with Gasteiger partial charge in [-0.05, 0) is 17.7 Å². The van der Waals surface area contributed by atoms with E-state index in [1.54, 1.807) is 12.1 Å². The highest BCUT2D eigenvalue weighted by atomic mass is 16.1. The van der Waals surface area contributed by atoms with E-state index in [4.69, 9.17) is 5.26 Å². The number of nitriles is 1. The number of benzene rings is 2. The Morgan fingerprint density at radius 3 is 2.24 bits per heavy atom. The molecule has 0 unspecified atom stereocenters. The zero-order chi connectivity index (χ0) is 12.1. The number of carbonyl (C=O) groups excluding carboxylic acids is 1. The highest BCUT2D eigenvalue weighted by Crippen LogP contribution is 2.08. The van der Waals surface area contributed by atoms with Gasteiger partial charge in [-0.15, -0.1) is 0 Å². The number of rotatable bonds is 3. The smallest absolute Gasteiger partial charge is 0.167 e. The van der Waals surface area contributed by atoms with E-state index in [1.807, 2.05) is 42.5 Å². The average molecular weight is 221 g/mol. The van der Waals surface area contributed by atoms with Crippen LogP contribution >= 0.6 is 0 Å². The maximum Gasteiger partial charge on any atom is 0.167 e. The Labute approximate surface area is 100 Å². The molecule has 0 saturated heterocycles. The minimum Gasteiger partial charge on any atom is -0.294 e. The van der Waals surface area contributed by atoms with Gasteiger partial charge in [0.1, 0.15) is 0 Å². The van der Waals surface area contributed by atoms with Crippen molar-refractivity contribution in [3.8, 4) is 6.07 Å². The van der Waals surface area contributed by atoms with Gasteiger partial charge in [0.05, 0.1) is 11.6 Å². The van der Waals surface area contributed by atoms with Crippen LogP contribution in [0.4, 0.5) is 0 Å². The molecular formula is C15H11NO. The monoisotopic (exact) mass is 221 g/mol. The summed E-state index contributed by atoms with van der Waals surface area (Å²) in [5.74, 6) is 0.0929. The Balaban J connectivity index is 2.11. The molecule has 0 fully saturated rings. The van der Waals surface area contributed by atoms with E-state index in [2.05, 4.69) is 6.07 Å². The van der Waals surface area contributed by atoms with Crippen molar-refractivity contribution in [1.29, 1.82) is 5.26 Å². The summed E-state index contributed by atoms with van der Waals surface area (Å²) in [6.45, 7) is 0. The van der Waals surface area contributed by atoms with Gasteiger partial charge in [0.25, 0.3) is 0 Å². The quantitative estimate of drug-likeness (QED) is 0.747. The number of ketones is 1. The molecule has 0 N–H and O–H groups in total. The van der Waals surface area contributed by atoms with Gasteiger partial charge in [0.15, 0.2) is 5.78 Å². The molecule has 0 saturated carbocycles. The first-order valence-corrected chi connectivity index (χ1v) is 5.37. The van der Waals surface area contributed by atoms with Crippen LogP contribution in [0, 0.1) is 11.3 Å². The number of nitrogens with zero attached hydrogens (tertiary/aromatic N) is 1. The summed E-state index contributed by atoms with van der Waals surface area (Å²) in [4.78, 5) is 11.9. The van der Waals surface area contributed by atoms with Crippen molar-refractivity contribution in [2.75, 3.05) is 0 Å². The maximum absolute atomic E-state index is 11.9. The Morgan fingerprint density at radius 1 is 1.00 bits per heavy atom. The van der Waals surface area contributed by atoms with Crippen LogP contribution in [-0.4, -0.2) is 5.78 Å². The van der Waals surface area contributed by atoms with E-state index in [1.165, 1.54) is 0 Å². The molecule has 0 bridgehead atoms. The second kappa shape index (κ2) is 5.09. The minimum atomic E-state index is 0.0929. The van der Waals surface area contributed by atoms with Gasteiger partial charge >= 0.3 is 0 Å². The van der Waals surface area contributed by atoms with Crippen LogP contribution in [-0.2, 0) is 6.42 Å². The van der Waals surface area contributed by atoms with Gasteiger partial charge in [-0.25, -0.2) is 0 Å². The van der Waals surface area contributed by atoms with E-state index in [0.29, 0.717) is 12.0 Å². The van der Waals surface area contributed by atoms with Gasteiger partial charge in [-0.3, -0.25) is 4.79 Å². The van der Waals surface area contributed by atoms with Crippen molar-refractivity contribution in [3.05, 3.63) is 71.3 Å². The van der Waals surface area contributed by atoms with Crippen LogP contribution in [0.2, 0.25) is 0 Å². The summed E-state index contributed by atoms with van der Waals surface area (Å²) in [6.07, 6.45) is 0.371. The number of hydrogen-bond donors (Lipinski definition) is 0. The molecule has 0 atom stereocenters. The largest absolute Gasteiger partial charge is 0.294 e. The minimum absolute atomic E-state index is 0.0929. The standard InChI is InChI=1S/C15H11NO/c16-11-13-8-6-12(7-9-13)10-15(17)14-4-2-1-3-5-14/h1-9H,10H2. The predicted octanol–water partition coefficient (Wildman–Crippen LogP) is 2.98. The molecule has 0 aromatic heterocycles. The fourth-order valence-corrected chi connectivity index (χ4v) is 1.61. The lowest BCUT2D eigenvalue weighted by atomic mass is 10.0. The van der Waals surface area contributed by atoms with Crippen molar-refractivity contribution in [2.45, 2.75) is 6.42 Å². The molecule has 2 heteroatoms. The summed E-state index contributed by atoms with van der Waals surface area (Å²) < 4.78 is 0. The van der Waals surface area contributed by atoms with Crippen molar-refractivity contribution in [3.63, 3.8) is 0 Å². The van der Waals surface area contributed by atoms with Crippen LogP contribution in [0.25, 0.3) is 0 Å². The first-order chi connectivity index (χ1) is 8.29. The normalized spacial score (nSPS) is 9.59. The zero-order valence-corrected chi connectivity index (χ0v) is 9.26. The molecule has 2 rings (SSSR count). The van der Waals surface area contributed by atoms with Crippen LogP contribution in [0.3, 0.4) is 0 Å². The van der Waals surface area contributed by atoms with Gasteiger partial charge in [-0.1, -0.05) is 42.5 Å². The van der Waals surface area contributed by atoms with Crippen LogP contribution in [0.15, 0.2) is 54.6 Å². The van der Waals surface area contributed by atoms with Crippen LogP contribution in [0.1, 0.15) is 21.5 Å².